The summed E-state index contributed by atoms with van der Waals surface area (Å²) in [7, 11) is 1.63. The van der Waals surface area contributed by atoms with Crippen LogP contribution in [0.2, 0.25) is 0 Å². The van der Waals surface area contributed by atoms with E-state index in [-0.39, 0.29) is 30.4 Å². The van der Waals surface area contributed by atoms with Crippen LogP contribution in [0, 0.1) is 0 Å². The Kier molecular flexibility index (Phi) is 3.76. The van der Waals surface area contributed by atoms with E-state index >= 15 is 0 Å². The summed E-state index contributed by atoms with van der Waals surface area (Å²) in [6, 6.07) is 11.9. The lowest BCUT2D eigenvalue weighted by Crippen LogP contribution is -2.35. The Balaban J connectivity index is 1.66. The molecule has 0 N–H and O–H groups in total. The van der Waals surface area contributed by atoms with Crippen LogP contribution < -0.4 is 15.2 Å². The Bertz CT molecular complexity index is 1100. The Morgan fingerprint density at radius 3 is 2.85 bits per heavy atom. The van der Waals surface area contributed by atoms with Crippen molar-refractivity contribution in [1.29, 1.82) is 0 Å². The third kappa shape index (κ3) is 2.63. The van der Waals surface area contributed by atoms with Gasteiger partial charge in [0, 0.05) is 12.6 Å². The number of rotatable bonds is 3. The van der Waals surface area contributed by atoms with Gasteiger partial charge in [0.25, 0.3) is 11.5 Å². The maximum absolute atomic E-state index is 12.6. The monoisotopic (exact) mass is 349 g/mol. The van der Waals surface area contributed by atoms with Gasteiger partial charge < -0.3 is 9.64 Å². The summed E-state index contributed by atoms with van der Waals surface area (Å²) < 4.78 is 6.65. The average molecular weight is 349 g/mol. The number of para-hydroxylation sites is 1. The minimum Gasteiger partial charge on any atom is -0.482 e. The van der Waals surface area contributed by atoms with Crippen LogP contribution in [0.4, 0.5) is 5.69 Å². The molecule has 1 aromatic heterocycles. The summed E-state index contributed by atoms with van der Waals surface area (Å²) in [4.78, 5) is 42.6. The highest BCUT2D eigenvalue weighted by molar-refractivity contribution is 6.01. The van der Waals surface area contributed by atoms with E-state index in [0.29, 0.717) is 27.9 Å². The van der Waals surface area contributed by atoms with Crippen LogP contribution in [0.15, 0.2) is 53.6 Å². The zero-order chi connectivity index (χ0) is 18.3. The van der Waals surface area contributed by atoms with E-state index in [9.17, 15) is 14.4 Å². The Morgan fingerprint density at radius 2 is 2.00 bits per heavy atom. The molecule has 0 bridgehead atoms. The molecule has 0 spiro atoms. The summed E-state index contributed by atoms with van der Waals surface area (Å²) in [5.74, 6) is 0.114. The second kappa shape index (κ2) is 6.11. The van der Waals surface area contributed by atoms with Crippen LogP contribution >= 0.6 is 0 Å². The lowest BCUT2D eigenvalue weighted by molar-refractivity contribution is -0.120. The van der Waals surface area contributed by atoms with Crippen LogP contribution in [0.25, 0.3) is 10.9 Å². The molecule has 0 unspecified atom stereocenters. The zero-order valence-electron chi connectivity index (χ0n) is 14.0. The van der Waals surface area contributed by atoms with Crippen molar-refractivity contribution in [2.45, 2.75) is 6.54 Å². The molecule has 0 saturated carbocycles. The molecule has 0 atom stereocenters. The maximum atomic E-state index is 12.6. The van der Waals surface area contributed by atoms with Crippen LogP contribution in [-0.4, -0.2) is 34.9 Å². The van der Waals surface area contributed by atoms with E-state index in [0.717, 1.165) is 0 Å². The van der Waals surface area contributed by atoms with Gasteiger partial charge in [-0.3, -0.25) is 19.0 Å². The molecule has 2 heterocycles. The second-order valence-electron chi connectivity index (χ2n) is 6.04. The van der Waals surface area contributed by atoms with E-state index in [1.807, 2.05) is 0 Å². The lowest BCUT2D eigenvalue weighted by atomic mass is 10.1. The molecule has 7 heteroatoms. The molecule has 1 aliphatic heterocycles. The normalized spacial score (nSPS) is 13.4. The highest BCUT2D eigenvalue weighted by atomic mass is 16.5. The molecule has 26 heavy (non-hydrogen) atoms. The van der Waals surface area contributed by atoms with Crippen LogP contribution in [-0.2, 0) is 11.3 Å². The van der Waals surface area contributed by atoms with Crippen molar-refractivity contribution in [3.63, 3.8) is 0 Å². The average Bonchev–Trinajstić information content (AvgIpc) is 2.67. The number of hydrogen-bond acceptors (Lipinski definition) is 5. The number of carbonyl (C=O) groups is 2. The van der Waals surface area contributed by atoms with Gasteiger partial charge in [0.05, 0.1) is 29.5 Å². The number of aromatic nitrogens is 2. The first-order valence-corrected chi connectivity index (χ1v) is 8.05. The fraction of sp³-hybridized carbons (Fsp3) is 0.158. The highest BCUT2D eigenvalue weighted by Gasteiger charge is 2.23. The maximum Gasteiger partial charge on any atom is 0.264 e. The summed E-state index contributed by atoms with van der Waals surface area (Å²) >= 11 is 0. The van der Waals surface area contributed by atoms with Crippen LogP contribution in [0.5, 0.6) is 5.75 Å². The number of benzene rings is 2. The van der Waals surface area contributed by atoms with Gasteiger partial charge in [-0.2, -0.15) is 0 Å². The fourth-order valence-electron chi connectivity index (χ4n) is 2.91. The number of likely N-dealkylation sites (N-methyl/N-ethyl adjacent to an activating group) is 1. The Labute approximate surface area is 148 Å². The topological polar surface area (TPSA) is 81.5 Å². The minimum absolute atomic E-state index is 0.0189. The number of Topliss-reactive ketones (excluding diaryl/α,β-unsaturated/α-hetero) is 1. The first-order chi connectivity index (χ1) is 12.5. The lowest BCUT2D eigenvalue weighted by Gasteiger charge is -2.26. The molecule has 0 aliphatic carbocycles. The molecule has 0 fully saturated rings. The molecular formula is C19H15N3O4. The first kappa shape index (κ1) is 16.0. The van der Waals surface area contributed by atoms with Crippen LogP contribution in [0.3, 0.4) is 0 Å². The second-order valence-corrected chi connectivity index (χ2v) is 6.04. The predicted octanol–water partition coefficient (Wildman–Crippen LogP) is 1.63. The van der Waals surface area contributed by atoms with Crippen molar-refractivity contribution < 1.29 is 14.3 Å². The van der Waals surface area contributed by atoms with Gasteiger partial charge in [0.2, 0.25) is 0 Å². The third-order valence-electron chi connectivity index (χ3n) is 4.41. The van der Waals surface area contributed by atoms with Crippen molar-refractivity contribution >= 4 is 28.3 Å². The number of ether oxygens (including phenoxy) is 1. The molecule has 1 amide bonds. The quantitative estimate of drug-likeness (QED) is 0.672. The number of carbonyl (C=O) groups excluding carboxylic acids is 2. The van der Waals surface area contributed by atoms with Gasteiger partial charge in [-0.05, 0) is 30.3 Å². The van der Waals surface area contributed by atoms with Gasteiger partial charge in [0.15, 0.2) is 12.4 Å². The Morgan fingerprint density at radius 1 is 1.19 bits per heavy atom. The van der Waals surface area contributed by atoms with E-state index < -0.39 is 0 Å². The van der Waals surface area contributed by atoms with Crippen LogP contribution in [0.1, 0.15) is 10.4 Å². The molecule has 0 saturated heterocycles. The predicted molar refractivity (Wildman–Crippen MR) is 95.7 cm³/mol. The molecule has 3 aromatic rings. The number of amides is 1. The summed E-state index contributed by atoms with van der Waals surface area (Å²) in [5.41, 5.74) is 1.26. The zero-order valence-corrected chi connectivity index (χ0v) is 14.0. The van der Waals surface area contributed by atoms with Gasteiger partial charge >= 0.3 is 0 Å². The number of fused-ring (bicyclic) bond motifs is 2. The fourth-order valence-corrected chi connectivity index (χ4v) is 2.91. The number of ketones is 1. The third-order valence-corrected chi connectivity index (χ3v) is 4.41. The van der Waals surface area contributed by atoms with E-state index in [4.69, 9.17) is 4.74 Å². The highest BCUT2D eigenvalue weighted by Crippen LogP contribution is 2.32. The van der Waals surface area contributed by atoms with E-state index in [2.05, 4.69) is 4.98 Å². The van der Waals surface area contributed by atoms with Crippen molar-refractivity contribution in [1.82, 2.24) is 9.55 Å². The van der Waals surface area contributed by atoms with Gasteiger partial charge in [-0.25, -0.2) is 4.98 Å². The molecular weight excluding hydrogens is 334 g/mol. The molecule has 7 nitrogen and oxygen atoms in total. The van der Waals surface area contributed by atoms with Crippen molar-refractivity contribution in [3.05, 3.63) is 64.7 Å². The number of nitrogens with zero attached hydrogens (tertiary/aromatic N) is 3. The molecule has 130 valence electrons. The van der Waals surface area contributed by atoms with Crippen molar-refractivity contribution in [2.24, 2.45) is 0 Å². The SMILES string of the molecule is CN1C(=O)COc2ccc(C(=O)Cn3cnc4ccccc4c3=O)cc21. The molecule has 2 aromatic carbocycles. The van der Waals surface area contributed by atoms with Crippen molar-refractivity contribution in [3.8, 4) is 5.75 Å². The number of hydrogen-bond donors (Lipinski definition) is 0. The summed E-state index contributed by atoms with van der Waals surface area (Å²) in [5, 5.41) is 0.465. The first-order valence-electron chi connectivity index (χ1n) is 8.05. The summed E-state index contributed by atoms with van der Waals surface area (Å²) in [6.07, 6.45) is 1.37. The van der Waals surface area contributed by atoms with Gasteiger partial charge in [-0.15, -0.1) is 0 Å². The standard InChI is InChI=1S/C19H15N3O4/c1-21-15-8-12(6-7-17(15)26-10-18(21)24)16(23)9-22-11-20-14-5-3-2-4-13(14)19(22)25/h2-8,11H,9-10H2,1H3. The smallest absolute Gasteiger partial charge is 0.264 e. The van der Waals surface area contributed by atoms with Gasteiger partial charge in [0.1, 0.15) is 5.75 Å². The molecule has 4 rings (SSSR count). The van der Waals surface area contributed by atoms with E-state index in [1.165, 1.54) is 15.8 Å². The number of anilines is 1. The van der Waals surface area contributed by atoms with E-state index in [1.54, 1.807) is 49.5 Å². The largest absolute Gasteiger partial charge is 0.482 e. The Hall–Kier alpha value is -3.48. The molecule has 1 aliphatic rings. The summed E-state index contributed by atoms with van der Waals surface area (Å²) in [6.45, 7) is -0.150. The van der Waals surface area contributed by atoms with Crippen molar-refractivity contribution in [2.75, 3.05) is 18.6 Å². The molecule has 0 radical (unpaired) electrons. The minimum atomic E-state index is -0.266. The van der Waals surface area contributed by atoms with Gasteiger partial charge in [-0.1, -0.05) is 12.1 Å².